The molecule has 0 unspecified atom stereocenters. The van der Waals surface area contributed by atoms with Crippen LogP contribution < -0.4 is 10.1 Å². The van der Waals surface area contributed by atoms with E-state index in [2.05, 4.69) is 76.2 Å². The molecule has 4 aromatic rings. The van der Waals surface area contributed by atoms with Crippen LogP contribution in [0.5, 0.6) is 5.75 Å². The predicted octanol–water partition coefficient (Wildman–Crippen LogP) is 5.34. The van der Waals surface area contributed by atoms with Gasteiger partial charge in [0.2, 0.25) is 0 Å². The van der Waals surface area contributed by atoms with E-state index in [0.29, 0.717) is 0 Å². The number of hydrogen-bond donors (Lipinski definition) is 1. The van der Waals surface area contributed by atoms with E-state index in [1.165, 1.54) is 5.56 Å². The second kappa shape index (κ2) is 8.35. The Kier molecular flexibility index (Phi) is 5.47. The molecule has 29 heavy (non-hydrogen) atoms. The number of ether oxygens (including phenoxy) is 1. The molecule has 0 aliphatic heterocycles. The Hall–Kier alpha value is -3.34. The topological polar surface area (TPSA) is 52.0 Å². The van der Waals surface area contributed by atoms with Crippen LogP contribution in [-0.4, -0.2) is 28.2 Å². The lowest BCUT2D eigenvalue weighted by molar-refractivity contribution is 0.415. The van der Waals surface area contributed by atoms with Gasteiger partial charge < -0.3 is 14.6 Å². The first-order chi connectivity index (χ1) is 14.2. The number of benzene rings is 2. The molecule has 0 bridgehead atoms. The Morgan fingerprint density at radius 2 is 1.76 bits per heavy atom. The van der Waals surface area contributed by atoms with Gasteiger partial charge in [-0.25, -0.2) is 9.97 Å². The van der Waals surface area contributed by atoms with E-state index in [0.717, 1.165) is 46.8 Å². The van der Waals surface area contributed by atoms with Gasteiger partial charge in [-0.05, 0) is 61.7 Å². The molecule has 0 aliphatic carbocycles. The number of nitrogens with zero attached hydrogens (tertiary/aromatic N) is 3. The second-order valence-corrected chi connectivity index (χ2v) is 7.34. The van der Waals surface area contributed by atoms with Gasteiger partial charge in [-0.1, -0.05) is 30.3 Å². The predicted molar refractivity (Wildman–Crippen MR) is 119 cm³/mol. The molecule has 0 aliphatic rings. The molecule has 148 valence electrons. The number of hydrogen-bond acceptors (Lipinski definition) is 4. The Balaban J connectivity index is 1.68. The average molecular weight is 386 g/mol. The normalized spacial score (nSPS) is 11.2. The molecule has 1 N–H and O–H groups in total. The maximum absolute atomic E-state index is 5.30. The third-order valence-corrected chi connectivity index (χ3v) is 5.08. The lowest BCUT2D eigenvalue weighted by atomic mass is 10.1. The zero-order chi connectivity index (χ0) is 20.2. The monoisotopic (exact) mass is 386 g/mol. The number of fused-ring (bicyclic) bond motifs is 1. The van der Waals surface area contributed by atoms with Gasteiger partial charge in [0.1, 0.15) is 23.5 Å². The van der Waals surface area contributed by atoms with Crippen LogP contribution in [0.3, 0.4) is 0 Å². The van der Waals surface area contributed by atoms with Gasteiger partial charge in [0.15, 0.2) is 0 Å². The third kappa shape index (κ3) is 3.94. The van der Waals surface area contributed by atoms with Crippen LogP contribution in [0.4, 0.5) is 5.82 Å². The van der Waals surface area contributed by atoms with Gasteiger partial charge in [-0.2, -0.15) is 0 Å². The zero-order valence-corrected chi connectivity index (χ0v) is 17.1. The van der Waals surface area contributed by atoms with Crippen LogP contribution in [0.2, 0.25) is 0 Å². The minimum atomic E-state index is 0.275. The van der Waals surface area contributed by atoms with Gasteiger partial charge in [-0.15, -0.1) is 0 Å². The summed E-state index contributed by atoms with van der Waals surface area (Å²) in [6.45, 7) is 5.18. The Morgan fingerprint density at radius 1 is 1.00 bits per heavy atom. The minimum absolute atomic E-state index is 0.275. The van der Waals surface area contributed by atoms with E-state index in [1.807, 2.05) is 18.2 Å². The molecule has 5 nitrogen and oxygen atoms in total. The van der Waals surface area contributed by atoms with Crippen molar-refractivity contribution in [2.45, 2.75) is 26.3 Å². The van der Waals surface area contributed by atoms with E-state index < -0.39 is 0 Å². The summed E-state index contributed by atoms with van der Waals surface area (Å²) in [5, 5.41) is 4.54. The van der Waals surface area contributed by atoms with Crippen molar-refractivity contribution in [2.75, 3.05) is 19.0 Å². The maximum atomic E-state index is 5.30. The first-order valence-electron chi connectivity index (χ1n) is 9.95. The number of rotatable bonds is 7. The largest absolute Gasteiger partial charge is 0.497 e. The van der Waals surface area contributed by atoms with Crippen molar-refractivity contribution in [1.29, 1.82) is 0 Å². The molecule has 0 saturated heterocycles. The fourth-order valence-electron chi connectivity index (χ4n) is 3.65. The zero-order valence-electron chi connectivity index (χ0n) is 17.1. The molecule has 2 heterocycles. The first kappa shape index (κ1) is 19.0. The van der Waals surface area contributed by atoms with Crippen LogP contribution in [0.25, 0.3) is 22.3 Å². The highest BCUT2D eigenvalue weighted by Crippen LogP contribution is 2.33. The third-order valence-electron chi connectivity index (χ3n) is 5.08. The molecule has 0 atom stereocenters. The first-order valence-corrected chi connectivity index (χ1v) is 9.95. The van der Waals surface area contributed by atoms with Gasteiger partial charge >= 0.3 is 0 Å². The van der Waals surface area contributed by atoms with E-state index in [1.54, 1.807) is 13.4 Å². The second-order valence-electron chi connectivity index (χ2n) is 7.34. The molecule has 2 aromatic carbocycles. The lowest BCUT2D eigenvalue weighted by Gasteiger charge is -2.14. The summed E-state index contributed by atoms with van der Waals surface area (Å²) in [5.41, 5.74) is 4.52. The van der Waals surface area contributed by atoms with Crippen LogP contribution in [0.1, 0.15) is 25.5 Å². The van der Waals surface area contributed by atoms with Gasteiger partial charge in [0.25, 0.3) is 0 Å². The van der Waals surface area contributed by atoms with Crippen molar-refractivity contribution in [3.05, 3.63) is 72.6 Å². The molecular weight excluding hydrogens is 360 g/mol. The van der Waals surface area contributed by atoms with Crippen LogP contribution in [0.15, 0.2) is 67.0 Å². The van der Waals surface area contributed by atoms with Crippen molar-refractivity contribution in [3.63, 3.8) is 0 Å². The minimum Gasteiger partial charge on any atom is -0.497 e. The highest BCUT2D eigenvalue weighted by atomic mass is 16.5. The SMILES string of the molecule is COc1ccc(-c2cc3c(NCCc4ccccc4)ncnc3n2C(C)C)cc1. The van der Waals surface area contributed by atoms with E-state index in [-0.39, 0.29) is 6.04 Å². The summed E-state index contributed by atoms with van der Waals surface area (Å²) in [6, 6.07) is 21.1. The standard InChI is InChI=1S/C24H26N4O/c1-17(2)28-22(19-9-11-20(29-3)12-10-19)15-21-23(26-16-27-24(21)28)25-14-13-18-7-5-4-6-8-18/h4-12,15-17H,13-14H2,1-3H3,(H,25,26,27). The van der Waals surface area contributed by atoms with E-state index in [9.17, 15) is 0 Å². The van der Waals surface area contributed by atoms with Crippen LogP contribution >= 0.6 is 0 Å². The fourth-order valence-corrected chi connectivity index (χ4v) is 3.65. The highest BCUT2D eigenvalue weighted by molar-refractivity contribution is 5.92. The van der Waals surface area contributed by atoms with Crippen molar-refractivity contribution >= 4 is 16.9 Å². The molecule has 2 aromatic heterocycles. The number of aromatic nitrogens is 3. The Morgan fingerprint density at radius 3 is 2.45 bits per heavy atom. The molecular formula is C24H26N4O. The molecule has 0 fully saturated rings. The molecule has 0 spiro atoms. The lowest BCUT2D eigenvalue weighted by Crippen LogP contribution is -2.08. The van der Waals surface area contributed by atoms with Crippen LogP contribution in [-0.2, 0) is 6.42 Å². The maximum Gasteiger partial charge on any atom is 0.146 e. The number of methoxy groups -OCH3 is 1. The summed E-state index contributed by atoms with van der Waals surface area (Å²) < 4.78 is 7.57. The van der Waals surface area contributed by atoms with E-state index in [4.69, 9.17) is 4.74 Å². The molecule has 0 amide bonds. The number of nitrogens with one attached hydrogen (secondary N) is 1. The number of anilines is 1. The molecule has 5 heteroatoms. The van der Waals surface area contributed by atoms with Gasteiger partial charge in [0, 0.05) is 12.6 Å². The molecule has 0 radical (unpaired) electrons. The molecule has 4 rings (SSSR count). The summed E-state index contributed by atoms with van der Waals surface area (Å²) in [5.74, 6) is 1.73. The van der Waals surface area contributed by atoms with Gasteiger partial charge in [-0.3, -0.25) is 0 Å². The Bertz CT molecular complexity index is 1090. The summed E-state index contributed by atoms with van der Waals surface area (Å²) in [6.07, 6.45) is 2.59. The van der Waals surface area contributed by atoms with Crippen molar-refractivity contribution in [3.8, 4) is 17.0 Å². The smallest absolute Gasteiger partial charge is 0.146 e. The average Bonchev–Trinajstić information content (AvgIpc) is 3.15. The quantitative estimate of drug-likeness (QED) is 0.466. The Labute approximate surface area is 171 Å². The highest BCUT2D eigenvalue weighted by Gasteiger charge is 2.17. The summed E-state index contributed by atoms with van der Waals surface area (Å²) >= 11 is 0. The van der Waals surface area contributed by atoms with E-state index >= 15 is 0 Å². The van der Waals surface area contributed by atoms with Crippen molar-refractivity contribution in [1.82, 2.24) is 14.5 Å². The summed E-state index contributed by atoms with van der Waals surface area (Å²) in [7, 11) is 1.68. The van der Waals surface area contributed by atoms with Crippen molar-refractivity contribution in [2.24, 2.45) is 0 Å². The molecule has 0 saturated carbocycles. The summed E-state index contributed by atoms with van der Waals surface area (Å²) in [4.78, 5) is 9.11. The van der Waals surface area contributed by atoms with Gasteiger partial charge in [0.05, 0.1) is 18.2 Å². The fraction of sp³-hybridized carbons (Fsp3) is 0.250. The van der Waals surface area contributed by atoms with Crippen molar-refractivity contribution < 1.29 is 4.74 Å². The van der Waals surface area contributed by atoms with Crippen LogP contribution in [0, 0.1) is 0 Å².